The molecule has 4 nitrogen and oxygen atoms in total. The van der Waals surface area contributed by atoms with Gasteiger partial charge in [-0.1, -0.05) is 12.1 Å². The Morgan fingerprint density at radius 3 is 2.88 bits per heavy atom. The van der Waals surface area contributed by atoms with E-state index in [2.05, 4.69) is 0 Å². The zero-order valence-corrected chi connectivity index (χ0v) is 9.56. The van der Waals surface area contributed by atoms with Gasteiger partial charge in [0, 0.05) is 19.5 Å². The molecule has 0 aliphatic carbocycles. The maximum absolute atomic E-state index is 11.6. The van der Waals surface area contributed by atoms with Crippen LogP contribution in [0.1, 0.15) is 35.2 Å². The molecule has 1 heterocycles. The van der Waals surface area contributed by atoms with Crippen LogP contribution in [-0.4, -0.2) is 28.4 Å². The standard InChI is InChI=1S/C13H15NO3/c15-12-6-1-2-7-14(12)9-10-4-3-5-11(8-10)13(16)17/h3-5,8H,1-2,6-7,9H2,(H,16,17). The van der Waals surface area contributed by atoms with Crippen molar-refractivity contribution in [1.29, 1.82) is 0 Å². The zero-order chi connectivity index (χ0) is 12.3. The molecule has 1 saturated heterocycles. The SMILES string of the molecule is O=C(O)c1cccc(CN2CCCCC2=O)c1. The van der Waals surface area contributed by atoms with E-state index in [1.807, 2.05) is 6.07 Å². The molecule has 0 saturated carbocycles. The summed E-state index contributed by atoms with van der Waals surface area (Å²) in [4.78, 5) is 24.3. The van der Waals surface area contributed by atoms with Gasteiger partial charge in [-0.05, 0) is 30.5 Å². The van der Waals surface area contributed by atoms with E-state index in [0.29, 0.717) is 13.0 Å². The first-order valence-corrected chi connectivity index (χ1v) is 5.77. The van der Waals surface area contributed by atoms with Crippen LogP contribution in [0.2, 0.25) is 0 Å². The van der Waals surface area contributed by atoms with Crippen LogP contribution in [0.5, 0.6) is 0 Å². The van der Waals surface area contributed by atoms with Crippen molar-refractivity contribution in [1.82, 2.24) is 4.90 Å². The molecule has 1 N–H and O–H groups in total. The fraction of sp³-hybridized carbons (Fsp3) is 0.385. The molecule has 2 rings (SSSR count). The summed E-state index contributed by atoms with van der Waals surface area (Å²) in [7, 11) is 0. The molecule has 1 aliphatic heterocycles. The van der Waals surface area contributed by atoms with Crippen molar-refractivity contribution in [3.63, 3.8) is 0 Å². The Hall–Kier alpha value is -1.84. The third-order valence-electron chi connectivity index (χ3n) is 2.97. The van der Waals surface area contributed by atoms with Gasteiger partial charge in [-0.2, -0.15) is 0 Å². The van der Waals surface area contributed by atoms with Crippen molar-refractivity contribution in [2.75, 3.05) is 6.54 Å². The Morgan fingerprint density at radius 1 is 1.35 bits per heavy atom. The van der Waals surface area contributed by atoms with Gasteiger partial charge in [0.1, 0.15) is 0 Å². The van der Waals surface area contributed by atoms with Crippen molar-refractivity contribution < 1.29 is 14.7 Å². The zero-order valence-electron chi connectivity index (χ0n) is 9.56. The van der Waals surface area contributed by atoms with E-state index in [-0.39, 0.29) is 11.5 Å². The molecular formula is C13H15NO3. The average molecular weight is 233 g/mol. The Labute approximate surface area is 99.9 Å². The summed E-state index contributed by atoms with van der Waals surface area (Å²) in [5, 5.41) is 8.89. The predicted octanol–water partition coefficient (Wildman–Crippen LogP) is 1.90. The van der Waals surface area contributed by atoms with Crippen LogP contribution in [0.3, 0.4) is 0 Å². The fourth-order valence-corrected chi connectivity index (χ4v) is 2.05. The Morgan fingerprint density at radius 2 is 2.18 bits per heavy atom. The Bertz CT molecular complexity index is 442. The van der Waals surface area contributed by atoms with E-state index < -0.39 is 5.97 Å². The largest absolute Gasteiger partial charge is 0.478 e. The summed E-state index contributed by atoms with van der Waals surface area (Å²) in [5.74, 6) is -0.770. The van der Waals surface area contributed by atoms with Crippen LogP contribution in [0, 0.1) is 0 Å². The van der Waals surface area contributed by atoms with Crippen LogP contribution < -0.4 is 0 Å². The lowest BCUT2D eigenvalue weighted by molar-refractivity contribution is -0.133. The van der Waals surface area contributed by atoms with Gasteiger partial charge in [0.05, 0.1) is 5.56 Å². The third kappa shape index (κ3) is 2.84. The lowest BCUT2D eigenvalue weighted by Crippen LogP contribution is -2.34. The topological polar surface area (TPSA) is 57.6 Å². The number of piperidine rings is 1. The van der Waals surface area contributed by atoms with Crippen molar-refractivity contribution in [2.45, 2.75) is 25.8 Å². The smallest absolute Gasteiger partial charge is 0.335 e. The number of carboxylic acid groups (broad SMARTS) is 1. The summed E-state index contributed by atoms with van der Waals surface area (Å²) >= 11 is 0. The van der Waals surface area contributed by atoms with Gasteiger partial charge in [0.2, 0.25) is 5.91 Å². The number of hydrogen-bond donors (Lipinski definition) is 1. The van der Waals surface area contributed by atoms with E-state index in [9.17, 15) is 9.59 Å². The number of amides is 1. The number of carbonyl (C=O) groups is 2. The molecule has 1 aromatic carbocycles. The Kier molecular flexibility index (Phi) is 3.42. The number of carboxylic acids is 1. The summed E-state index contributed by atoms with van der Waals surface area (Å²) < 4.78 is 0. The van der Waals surface area contributed by atoms with Crippen molar-refractivity contribution >= 4 is 11.9 Å². The summed E-state index contributed by atoms with van der Waals surface area (Å²) in [6.07, 6.45) is 2.60. The molecule has 1 aromatic rings. The molecule has 0 radical (unpaired) electrons. The van der Waals surface area contributed by atoms with Gasteiger partial charge in [-0.25, -0.2) is 4.79 Å². The summed E-state index contributed by atoms with van der Waals surface area (Å²) in [6.45, 7) is 1.29. The highest BCUT2D eigenvalue weighted by molar-refractivity contribution is 5.87. The summed E-state index contributed by atoms with van der Waals surface area (Å²) in [5.41, 5.74) is 1.15. The van der Waals surface area contributed by atoms with E-state index in [0.717, 1.165) is 24.9 Å². The monoisotopic (exact) mass is 233 g/mol. The first-order valence-electron chi connectivity index (χ1n) is 5.77. The third-order valence-corrected chi connectivity index (χ3v) is 2.97. The van der Waals surface area contributed by atoms with E-state index >= 15 is 0 Å². The number of aromatic carboxylic acids is 1. The molecule has 0 unspecified atom stereocenters. The highest BCUT2D eigenvalue weighted by Gasteiger charge is 2.18. The minimum atomic E-state index is -0.933. The number of carbonyl (C=O) groups excluding carboxylic acids is 1. The number of likely N-dealkylation sites (tertiary alicyclic amines) is 1. The molecule has 17 heavy (non-hydrogen) atoms. The minimum Gasteiger partial charge on any atom is -0.478 e. The average Bonchev–Trinajstić information content (AvgIpc) is 2.32. The molecule has 90 valence electrons. The van der Waals surface area contributed by atoms with E-state index in [1.165, 1.54) is 0 Å². The molecule has 1 amide bonds. The van der Waals surface area contributed by atoms with Gasteiger partial charge in [-0.3, -0.25) is 4.79 Å². The van der Waals surface area contributed by atoms with Crippen molar-refractivity contribution in [3.05, 3.63) is 35.4 Å². The normalized spacial score (nSPS) is 16.0. The van der Waals surface area contributed by atoms with Gasteiger partial charge in [0.15, 0.2) is 0 Å². The van der Waals surface area contributed by atoms with Crippen LogP contribution in [-0.2, 0) is 11.3 Å². The lowest BCUT2D eigenvalue weighted by Gasteiger charge is -2.26. The number of nitrogens with zero attached hydrogens (tertiary/aromatic N) is 1. The molecular weight excluding hydrogens is 218 g/mol. The number of benzene rings is 1. The first kappa shape index (κ1) is 11.6. The highest BCUT2D eigenvalue weighted by atomic mass is 16.4. The second kappa shape index (κ2) is 4.99. The molecule has 1 aliphatic rings. The van der Waals surface area contributed by atoms with Crippen molar-refractivity contribution in [3.8, 4) is 0 Å². The number of hydrogen-bond acceptors (Lipinski definition) is 2. The predicted molar refractivity (Wildman–Crippen MR) is 62.7 cm³/mol. The Balaban J connectivity index is 2.09. The van der Waals surface area contributed by atoms with Crippen LogP contribution >= 0.6 is 0 Å². The maximum atomic E-state index is 11.6. The van der Waals surface area contributed by atoms with Gasteiger partial charge >= 0.3 is 5.97 Å². The second-order valence-corrected chi connectivity index (χ2v) is 4.28. The van der Waals surface area contributed by atoms with E-state index in [4.69, 9.17) is 5.11 Å². The minimum absolute atomic E-state index is 0.164. The first-order chi connectivity index (χ1) is 8.16. The van der Waals surface area contributed by atoms with Gasteiger partial charge in [-0.15, -0.1) is 0 Å². The van der Waals surface area contributed by atoms with E-state index in [1.54, 1.807) is 23.1 Å². The maximum Gasteiger partial charge on any atom is 0.335 e. The second-order valence-electron chi connectivity index (χ2n) is 4.28. The molecule has 0 bridgehead atoms. The molecule has 1 fully saturated rings. The highest BCUT2D eigenvalue weighted by Crippen LogP contribution is 2.15. The van der Waals surface area contributed by atoms with Crippen molar-refractivity contribution in [2.24, 2.45) is 0 Å². The lowest BCUT2D eigenvalue weighted by atomic mass is 10.1. The van der Waals surface area contributed by atoms with Crippen LogP contribution in [0.25, 0.3) is 0 Å². The molecule has 0 spiro atoms. The fourth-order valence-electron chi connectivity index (χ4n) is 2.05. The molecule has 0 aromatic heterocycles. The summed E-state index contributed by atoms with van der Waals surface area (Å²) in [6, 6.07) is 6.76. The number of rotatable bonds is 3. The molecule has 4 heteroatoms. The molecule has 0 atom stereocenters. The van der Waals surface area contributed by atoms with Gasteiger partial charge in [0.25, 0.3) is 0 Å². The van der Waals surface area contributed by atoms with Crippen LogP contribution in [0.15, 0.2) is 24.3 Å². The van der Waals surface area contributed by atoms with Crippen LogP contribution in [0.4, 0.5) is 0 Å². The quantitative estimate of drug-likeness (QED) is 0.867. The van der Waals surface area contributed by atoms with Gasteiger partial charge < -0.3 is 10.0 Å².